The van der Waals surface area contributed by atoms with Crippen LogP contribution in [0, 0.1) is 0 Å². The van der Waals surface area contributed by atoms with Gasteiger partial charge in [0.05, 0.1) is 28.6 Å². The minimum atomic E-state index is -0.297. The lowest BCUT2D eigenvalue weighted by molar-refractivity contribution is 0.0903. The molecule has 3 N–H and O–H groups in total. The second kappa shape index (κ2) is 10.7. The molecule has 0 spiro atoms. The summed E-state index contributed by atoms with van der Waals surface area (Å²) in [6.45, 7) is 0.324. The van der Waals surface area contributed by atoms with Crippen molar-refractivity contribution >= 4 is 50.4 Å². The molecule has 1 aliphatic rings. The van der Waals surface area contributed by atoms with Crippen molar-refractivity contribution in [3.05, 3.63) is 92.8 Å². The highest BCUT2D eigenvalue weighted by Crippen LogP contribution is 2.40. The summed E-state index contributed by atoms with van der Waals surface area (Å²) in [4.78, 5) is 26.9. The number of hydrogen-bond donors (Lipinski definition) is 2. The zero-order valence-corrected chi connectivity index (χ0v) is 21.4. The molecule has 1 heterocycles. The van der Waals surface area contributed by atoms with Crippen LogP contribution in [-0.4, -0.2) is 24.8 Å². The van der Waals surface area contributed by atoms with Crippen molar-refractivity contribution in [1.82, 2.24) is 5.32 Å². The maximum Gasteiger partial charge on any atom is 0.251 e. The molecular formula is C29H27ClN2O3S. The predicted octanol–water partition coefficient (Wildman–Crippen LogP) is 6.25. The van der Waals surface area contributed by atoms with Crippen LogP contribution in [0.15, 0.2) is 60.7 Å². The average molecular weight is 519 g/mol. The summed E-state index contributed by atoms with van der Waals surface area (Å²) < 4.78 is 7.43. The van der Waals surface area contributed by atoms with E-state index in [1.54, 1.807) is 18.2 Å². The normalized spacial score (nSPS) is 12.8. The number of thiophene rings is 1. The van der Waals surface area contributed by atoms with E-state index in [1.165, 1.54) is 39.4 Å². The maximum absolute atomic E-state index is 12.9. The first-order valence-corrected chi connectivity index (χ1v) is 13.3. The Hall–Kier alpha value is -3.35. The molecule has 0 atom stereocenters. The highest BCUT2D eigenvalue weighted by Gasteiger charge is 2.18. The van der Waals surface area contributed by atoms with Gasteiger partial charge < -0.3 is 15.8 Å². The third kappa shape index (κ3) is 5.11. The number of fused-ring (bicyclic) bond motifs is 3. The molecule has 0 aliphatic heterocycles. The van der Waals surface area contributed by atoms with E-state index in [9.17, 15) is 9.59 Å². The molecule has 0 unspecified atom stereocenters. The first kappa shape index (κ1) is 24.3. The number of carbonyl (C=O) groups excluding carboxylic acids is 2. The number of aryl methyl sites for hydroxylation is 2. The number of carbonyl (C=O) groups is 2. The molecule has 1 amide bonds. The predicted molar refractivity (Wildman–Crippen MR) is 147 cm³/mol. The number of nitrogens with two attached hydrogens (primary N) is 1. The van der Waals surface area contributed by atoms with Crippen LogP contribution >= 0.6 is 22.9 Å². The van der Waals surface area contributed by atoms with Crippen LogP contribution in [0.1, 0.15) is 49.6 Å². The van der Waals surface area contributed by atoms with Gasteiger partial charge in [-0.2, -0.15) is 0 Å². The van der Waals surface area contributed by atoms with Crippen LogP contribution in [-0.2, 0) is 19.3 Å². The highest BCUT2D eigenvalue weighted by atomic mass is 35.5. The number of anilines is 1. The largest absolute Gasteiger partial charge is 0.492 e. The van der Waals surface area contributed by atoms with Crippen LogP contribution in [0.3, 0.4) is 0 Å². The fraction of sp³-hybridized carbons (Fsp3) is 0.241. The van der Waals surface area contributed by atoms with Crippen molar-refractivity contribution in [2.45, 2.75) is 32.1 Å². The Morgan fingerprint density at radius 2 is 1.86 bits per heavy atom. The van der Waals surface area contributed by atoms with Gasteiger partial charge >= 0.3 is 0 Å². The number of nitrogen functional groups attached to an aromatic ring is 1. The number of amides is 1. The van der Waals surface area contributed by atoms with E-state index in [2.05, 4.69) is 17.4 Å². The van der Waals surface area contributed by atoms with Crippen molar-refractivity contribution in [1.29, 1.82) is 0 Å². The van der Waals surface area contributed by atoms with E-state index in [0.717, 1.165) is 24.2 Å². The average Bonchev–Trinajstić information content (AvgIpc) is 3.28. The van der Waals surface area contributed by atoms with E-state index in [-0.39, 0.29) is 18.2 Å². The smallest absolute Gasteiger partial charge is 0.251 e. The third-order valence-corrected chi connectivity index (χ3v) is 8.23. The van der Waals surface area contributed by atoms with Crippen LogP contribution in [0.2, 0.25) is 5.02 Å². The standard InChI is InChI=1S/C29H27ClN2O3S/c30-23-13-12-19(16-24(23)31)25(33)17-32-29(34)20-7-2-1-6-18(20)14-15-35-26-10-5-9-22-21-8-3-4-11-27(21)36-28(22)26/h1-2,5-7,9-10,12-13,16H,3-4,8,11,14-15,17,31H2,(H,32,34). The molecule has 3 aromatic carbocycles. The monoisotopic (exact) mass is 518 g/mol. The van der Waals surface area contributed by atoms with Gasteiger partial charge in [-0.05, 0) is 72.5 Å². The van der Waals surface area contributed by atoms with Gasteiger partial charge in [0, 0.05) is 22.4 Å². The number of hydrogen-bond acceptors (Lipinski definition) is 5. The van der Waals surface area contributed by atoms with Crippen molar-refractivity contribution < 1.29 is 14.3 Å². The van der Waals surface area contributed by atoms with E-state index in [0.29, 0.717) is 34.9 Å². The molecule has 7 heteroatoms. The van der Waals surface area contributed by atoms with Crippen LogP contribution in [0.25, 0.3) is 10.1 Å². The summed E-state index contributed by atoms with van der Waals surface area (Å²) in [5.74, 6) is 0.370. The first-order valence-electron chi connectivity index (χ1n) is 12.1. The van der Waals surface area contributed by atoms with Crippen LogP contribution in [0.4, 0.5) is 5.69 Å². The van der Waals surface area contributed by atoms with Gasteiger partial charge in [-0.15, -0.1) is 11.3 Å². The molecule has 36 heavy (non-hydrogen) atoms. The van der Waals surface area contributed by atoms with Crippen molar-refractivity contribution in [3.63, 3.8) is 0 Å². The summed E-state index contributed by atoms with van der Waals surface area (Å²) in [5.41, 5.74) is 9.42. The Balaban J connectivity index is 1.23. The molecule has 0 saturated carbocycles. The lowest BCUT2D eigenvalue weighted by Crippen LogP contribution is -2.30. The van der Waals surface area contributed by atoms with Crippen LogP contribution in [0.5, 0.6) is 5.75 Å². The number of rotatable bonds is 8. The summed E-state index contributed by atoms with van der Waals surface area (Å²) in [6, 6.07) is 18.4. The molecule has 1 aromatic heterocycles. The molecule has 5 rings (SSSR count). The Labute approximate surface area is 219 Å². The van der Waals surface area contributed by atoms with Gasteiger partial charge in [-0.25, -0.2) is 0 Å². The van der Waals surface area contributed by atoms with Crippen molar-refractivity contribution in [2.75, 3.05) is 18.9 Å². The number of halogens is 1. The Morgan fingerprint density at radius 1 is 1.03 bits per heavy atom. The van der Waals surface area contributed by atoms with E-state index >= 15 is 0 Å². The van der Waals surface area contributed by atoms with Crippen molar-refractivity contribution in [2.24, 2.45) is 0 Å². The Kier molecular flexibility index (Phi) is 7.25. The lowest BCUT2D eigenvalue weighted by Gasteiger charge is -2.12. The quantitative estimate of drug-likeness (QED) is 0.213. The Bertz CT molecular complexity index is 1450. The highest BCUT2D eigenvalue weighted by molar-refractivity contribution is 7.19. The number of ether oxygens (including phenoxy) is 1. The summed E-state index contributed by atoms with van der Waals surface area (Å²) in [7, 11) is 0. The van der Waals surface area contributed by atoms with Gasteiger partial charge in [0.25, 0.3) is 5.91 Å². The Morgan fingerprint density at radius 3 is 2.72 bits per heavy atom. The molecule has 0 fully saturated rings. The molecule has 0 bridgehead atoms. The topological polar surface area (TPSA) is 81.4 Å². The first-order chi connectivity index (χ1) is 17.5. The molecular weight excluding hydrogens is 492 g/mol. The van der Waals surface area contributed by atoms with Gasteiger partial charge in [-0.1, -0.05) is 41.9 Å². The molecule has 5 nitrogen and oxygen atoms in total. The molecule has 4 aromatic rings. The second-order valence-corrected chi connectivity index (χ2v) is 10.5. The number of benzene rings is 3. The molecule has 1 aliphatic carbocycles. The van der Waals surface area contributed by atoms with Crippen molar-refractivity contribution in [3.8, 4) is 5.75 Å². The number of nitrogens with one attached hydrogen (secondary N) is 1. The maximum atomic E-state index is 12.9. The summed E-state index contributed by atoms with van der Waals surface area (Å²) in [5, 5.41) is 4.44. The van der Waals surface area contributed by atoms with Gasteiger partial charge in [0.1, 0.15) is 5.75 Å². The lowest BCUT2D eigenvalue weighted by atomic mass is 9.96. The van der Waals surface area contributed by atoms with Gasteiger partial charge in [0.2, 0.25) is 0 Å². The van der Waals surface area contributed by atoms with E-state index in [1.807, 2.05) is 35.6 Å². The van der Waals surface area contributed by atoms with Crippen LogP contribution < -0.4 is 15.8 Å². The molecule has 184 valence electrons. The zero-order valence-electron chi connectivity index (χ0n) is 19.8. The summed E-state index contributed by atoms with van der Waals surface area (Å²) >= 11 is 7.78. The fourth-order valence-electron chi connectivity index (χ4n) is 4.68. The molecule has 0 saturated heterocycles. The second-order valence-electron chi connectivity index (χ2n) is 8.94. The van der Waals surface area contributed by atoms with E-state index < -0.39 is 0 Å². The van der Waals surface area contributed by atoms with Gasteiger partial charge in [0.15, 0.2) is 5.78 Å². The third-order valence-electron chi connectivity index (χ3n) is 6.56. The minimum absolute atomic E-state index is 0.129. The summed E-state index contributed by atoms with van der Waals surface area (Å²) in [6.07, 6.45) is 5.39. The van der Waals surface area contributed by atoms with E-state index in [4.69, 9.17) is 22.1 Å². The SMILES string of the molecule is Nc1cc(C(=O)CNC(=O)c2ccccc2CCOc2cccc3c4c(sc23)CCCC4)ccc1Cl. The zero-order chi connectivity index (χ0) is 25.1. The number of ketones is 1. The minimum Gasteiger partial charge on any atom is -0.492 e. The van der Waals surface area contributed by atoms with Gasteiger partial charge in [-0.3, -0.25) is 9.59 Å². The molecule has 0 radical (unpaired) electrons. The number of Topliss-reactive ketones (excluding diaryl/α,β-unsaturated/α-hetero) is 1. The fourth-order valence-corrected chi connectivity index (χ4v) is 6.15.